The number of hydrogen-bond donors (Lipinski definition) is 2. The van der Waals surface area contributed by atoms with Gasteiger partial charge in [-0.15, -0.1) is 10.2 Å². The molecule has 0 radical (unpaired) electrons. The van der Waals surface area contributed by atoms with Crippen LogP contribution in [0.4, 0.5) is 5.13 Å². The summed E-state index contributed by atoms with van der Waals surface area (Å²) in [4.78, 5) is 31.1. The number of nitrogens with zero attached hydrogens (tertiary/aromatic N) is 3. The third kappa shape index (κ3) is 9.90. The van der Waals surface area contributed by atoms with E-state index in [4.69, 9.17) is 14.5 Å². The number of hydrogen-bond acceptors (Lipinski definition) is 9. The maximum Gasteiger partial charge on any atom is 0.230 e. The lowest BCUT2D eigenvalue weighted by molar-refractivity contribution is -0.119. The molecule has 47 heavy (non-hydrogen) atoms. The Morgan fingerprint density at radius 3 is 2.09 bits per heavy atom. The maximum absolute atomic E-state index is 13.2. The van der Waals surface area contributed by atoms with Crippen molar-refractivity contribution in [2.24, 2.45) is 10.9 Å². The summed E-state index contributed by atoms with van der Waals surface area (Å²) < 4.78 is 11.8. The van der Waals surface area contributed by atoms with Crippen LogP contribution in [0, 0.1) is 5.92 Å². The van der Waals surface area contributed by atoms with Gasteiger partial charge in [0.1, 0.15) is 16.5 Å². The molecule has 2 atom stereocenters. The first-order valence-corrected chi connectivity index (χ1v) is 18.1. The first kappa shape index (κ1) is 34.6. The van der Waals surface area contributed by atoms with Crippen LogP contribution in [-0.2, 0) is 22.4 Å². The number of aliphatic imine (C=N–C) groups is 1. The highest BCUT2D eigenvalue weighted by atomic mass is 32.2. The summed E-state index contributed by atoms with van der Waals surface area (Å²) in [5, 5.41) is 18.4. The Kier molecular flexibility index (Phi) is 12.1. The van der Waals surface area contributed by atoms with Crippen LogP contribution >= 0.6 is 23.1 Å². The number of aromatic nitrogens is 2. The first-order chi connectivity index (χ1) is 22.6. The molecule has 2 N–H and O–H groups in total. The summed E-state index contributed by atoms with van der Waals surface area (Å²) in [6, 6.07) is 15.3. The van der Waals surface area contributed by atoms with Crippen molar-refractivity contribution in [3.63, 3.8) is 0 Å². The van der Waals surface area contributed by atoms with Crippen LogP contribution in [0.2, 0.25) is 0 Å². The zero-order valence-electron chi connectivity index (χ0n) is 27.9. The summed E-state index contributed by atoms with van der Waals surface area (Å²) in [6.45, 7) is 10.7. The van der Waals surface area contributed by atoms with Gasteiger partial charge in [0, 0.05) is 29.5 Å². The molecule has 2 amide bonds. The quantitative estimate of drug-likeness (QED) is 0.202. The fraction of sp³-hybridized carbons (Fsp3) is 0.472. The van der Waals surface area contributed by atoms with Crippen LogP contribution in [0.25, 0.3) is 0 Å². The Labute approximate surface area is 286 Å². The highest BCUT2D eigenvalue weighted by Crippen LogP contribution is 2.42. The predicted octanol–water partition coefficient (Wildman–Crippen LogP) is 7.69. The number of rotatable bonds is 12. The largest absolute Gasteiger partial charge is 0.491 e. The summed E-state index contributed by atoms with van der Waals surface area (Å²) in [5.74, 6) is 1.77. The minimum atomic E-state index is -0.147. The second-order valence-corrected chi connectivity index (χ2v) is 14.7. The van der Waals surface area contributed by atoms with E-state index in [9.17, 15) is 9.59 Å². The number of ether oxygens (including phenoxy) is 2. The van der Waals surface area contributed by atoms with Crippen LogP contribution in [-0.4, -0.2) is 45.8 Å². The first-order valence-electron chi connectivity index (χ1n) is 16.5. The van der Waals surface area contributed by atoms with E-state index in [0.29, 0.717) is 11.7 Å². The zero-order valence-corrected chi connectivity index (χ0v) is 29.5. The van der Waals surface area contributed by atoms with Crippen molar-refractivity contribution < 1.29 is 19.1 Å². The number of carbonyl (C=O) groups excluding carboxylic acids is 2. The van der Waals surface area contributed by atoms with E-state index in [1.165, 1.54) is 11.3 Å². The molecule has 2 aromatic carbocycles. The molecular weight excluding hydrogens is 631 g/mol. The topological polar surface area (TPSA) is 115 Å². The molecule has 5 rings (SSSR count). The molecule has 0 bridgehead atoms. The van der Waals surface area contributed by atoms with Gasteiger partial charge in [-0.25, -0.2) is 0 Å². The van der Waals surface area contributed by atoms with Crippen molar-refractivity contribution >= 4 is 45.1 Å². The van der Waals surface area contributed by atoms with Crippen molar-refractivity contribution in [1.82, 2.24) is 15.5 Å². The normalized spacial score (nSPS) is 18.5. The molecule has 0 saturated heterocycles. The number of anilines is 1. The molecule has 1 aliphatic carbocycles. The van der Waals surface area contributed by atoms with Gasteiger partial charge in [0.25, 0.3) is 0 Å². The summed E-state index contributed by atoms with van der Waals surface area (Å²) in [6.07, 6.45) is 5.34. The molecule has 3 aromatic rings. The molecule has 1 fully saturated rings. The van der Waals surface area contributed by atoms with Crippen molar-refractivity contribution in [3.05, 3.63) is 75.3 Å². The van der Waals surface area contributed by atoms with Crippen molar-refractivity contribution in [3.8, 4) is 11.5 Å². The Hall–Kier alpha value is -3.70. The van der Waals surface area contributed by atoms with Crippen LogP contribution < -0.4 is 20.1 Å². The molecule has 250 valence electrons. The van der Waals surface area contributed by atoms with Crippen LogP contribution in [0.3, 0.4) is 0 Å². The Bertz CT molecular complexity index is 1620. The van der Waals surface area contributed by atoms with Crippen LogP contribution in [0.15, 0.2) is 64.1 Å². The molecule has 9 nitrogen and oxygen atoms in total. The Morgan fingerprint density at radius 2 is 1.45 bits per heavy atom. The van der Waals surface area contributed by atoms with Crippen molar-refractivity contribution in [2.45, 2.75) is 97.7 Å². The van der Waals surface area contributed by atoms with Crippen molar-refractivity contribution in [1.29, 1.82) is 0 Å². The third-order valence-electron chi connectivity index (χ3n) is 8.03. The summed E-state index contributed by atoms with van der Waals surface area (Å²) >= 11 is 3.06. The number of thioether (sulfide) groups is 1. The monoisotopic (exact) mass is 675 g/mol. The summed E-state index contributed by atoms with van der Waals surface area (Å²) in [7, 11) is 0. The third-order valence-corrected chi connectivity index (χ3v) is 10.4. The molecule has 0 spiro atoms. The van der Waals surface area contributed by atoms with Crippen LogP contribution in [0.5, 0.6) is 11.5 Å². The number of para-hydroxylation sites is 2. The van der Waals surface area contributed by atoms with E-state index in [0.717, 1.165) is 75.4 Å². The average Bonchev–Trinajstić information content (AvgIpc) is 3.41. The average molecular weight is 676 g/mol. The number of amides is 2. The molecule has 2 unspecified atom stereocenters. The fourth-order valence-electron chi connectivity index (χ4n) is 5.82. The second-order valence-electron chi connectivity index (χ2n) is 12.7. The molecule has 1 aromatic heterocycles. The van der Waals surface area contributed by atoms with Crippen molar-refractivity contribution in [2.75, 3.05) is 11.9 Å². The fourth-order valence-corrected chi connectivity index (χ4v) is 7.92. The van der Waals surface area contributed by atoms with E-state index >= 15 is 0 Å². The van der Waals surface area contributed by atoms with Gasteiger partial charge >= 0.3 is 0 Å². The molecule has 1 aliphatic heterocycles. The Morgan fingerprint density at radius 1 is 0.851 bits per heavy atom. The lowest BCUT2D eigenvalue weighted by Gasteiger charge is -2.28. The minimum Gasteiger partial charge on any atom is -0.491 e. The van der Waals surface area contributed by atoms with Gasteiger partial charge in [0.15, 0.2) is 0 Å². The van der Waals surface area contributed by atoms with Crippen LogP contribution in [0.1, 0.15) is 88.8 Å². The van der Waals surface area contributed by atoms with Gasteiger partial charge in [-0.3, -0.25) is 14.6 Å². The smallest absolute Gasteiger partial charge is 0.230 e. The van der Waals surface area contributed by atoms with E-state index in [1.807, 2.05) is 76.2 Å². The van der Waals surface area contributed by atoms with E-state index < -0.39 is 0 Å². The second kappa shape index (κ2) is 16.4. The lowest BCUT2D eigenvalue weighted by atomic mass is 9.82. The maximum atomic E-state index is 13.2. The highest BCUT2D eigenvalue weighted by Gasteiger charge is 2.31. The SMILES string of the molecule is CC1=C(NC(=O)Cc2ccccc2OC(C)C)SC(C2CCCC(c3nnc(NC(=O)Cc4ccccc4OC(C)C)s3)C2)=NCC1. The highest BCUT2D eigenvalue weighted by molar-refractivity contribution is 8.17. The molecular formula is C36H45N5O4S2. The van der Waals surface area contributed by atoms with Gasteiger partial charge < -0.3 is 20.1 Å². The summed E-state index contributed by atoms with van der Waals surface area (Å²) in [5.41, 5.74) is 2.85. The molecule has 11 heteroatoms. The zero-order chi connectivity index (χ0) is 33.3. The van der Waals surface area contributed by atoms with E-state index in [2.05, 4.69) is 27.8 Å². The minimum absolute atomic E-state index is 0.0233. The van der Waals surface area contributed by atoms with Gasteiger partial charge in [0.2, 0.25) is 16.9 Å². The number of benzene rings is 2. The van der Waals surface area contributed by atoms with E-state index in [-0.39, 0.29) is 48.7 Å². The Balaban J connectivity index is 1.18. The molecule has 2 heterocycles. The van der Waals surface area contributed by atoms with Gasteiger partial charge in [-0.2, -0.15) is 0 Å². The van der Waals surface area contributed by atoms with Gasteiger partial charge in [-0.1, -0.05) is 65.9 Å². The van der Waals surface area contributed by atoms with E-state index in [1.54, 1.807) is 11.8 Å². The predicted molar refractivity (Wildman–Crippen MR) is 190 cm³/mol. The molecule has 2 aliphatic rings. The standard InChI is InChI=1S/C36H45N5O4S2/c1-22(2)44-29-15-8-6-11-25(29)20-31(42)38-33-24(5)17-18-37-34(46-33)27-13-10-14-28(19-27)35-40-41-36(47-35)39-32(43)21-26-12-7-9-16-30(26)45-23(3)4/h6-9,11-12,15-16,22-23,27-28H,10,13-14,17-21H2,1-5H3,(H,38,42)(H,39,41,43). The number of nitrogens with one attached hydrogen (secondary N) is 2. The van der Waals surface area contributed by atoms with Gasteiger partial charge in [0.05, 0.1) is 35.1 Å². The molecule has 1 saturated carbocycles. The number of carbonyl (C=O) groups is 2. The van der Waals surface area contributed by atoms with Gasteiger partial charge in [-0.05, 0) is 78.0 Å². The lowest BCUT2D eigenvalue weighted by Crippen LogP contribution is -2.26.